The lowest BCUT2D eigenvalue weighted by atomic mass is 10.1. The number of methoxy groups -OCH3 is 1. The maximum atomic E-state index is 5.38. The molecule has 0 saturated carbocycles. The van der Waals surface area contributed by atoms with Crippen LogP contribution in [-0.2, 0) is 7.05 Å². The Morgan fingerprint density at radius 1 is 0.970 bits per heavy atom. The van der Waals surface area contributed by atoms with Gasteiger partial charge in [-0.3, -0.25) is 10.1 Å². The van der Waals surface area contributed by atoms with Gasteiger partial charge >= 0.3 is 0 Å². The van der Waals surface area contributed by atoms with Crippen molar-refractivity contribution in [2.45, 2.75) is 6.92 Å². The molecule has 0 aliphatic heterocycles. The molecule has 6 rings (SSSR count). The van der Waals surface area contributed by atoms with E-state index in [0.29, 0.717) is 11.5 Å². The number of imidazole rings is 2. The minimum absolute atomic E-state index is 0.624. The van der Waals surface area contributed by atoms with Crippen LogP contribution >= 0.6 is 0 Å². The Morgan fingerprint density at radius 2 is 1.88 bits per heavy atom. The SMILES string of the molecule is COc1cccc(-c2cncc3[nH]c(-c4n[nH]c5ccc(-c6cnc(C)n6C)nc45)nc23)c1. The van der Waals surface area contributed by atoms with Crippen molar-refractivity contribution in [1.29, 1.82) is 0 Å². The van der Waals surface area contributed by atoms with Crippen molar-refractivity contribution in [3.63, 3.8) is 0 Å². The zero-order chi connectivity index (χ0) is 22.5. The Hall–Kier alpha value is -4.53. The van der Waals surface area contributed by atoms with Crippen LogP contribution in [0.2, 0.25) is 0 Å². The number of aromatic amines is 2. The Kier molecular flexibility index (Phi) is 4.22. The summed E-state index contributed by atoms with van der Waals surface area (Å²) in [7, 11) is 3.63. The van der Waals surface area contributed by atoms with E-state index in [1.165, 1.54) is 0 Å². The van der Waals surface area contributed by atoms with Crippen LogP contribution in [0.15, 0.2) is 55.0 Å². The van der Waals surface area contributed by atoms with Crippen molar-refractivity contribution < 1.29 is 4.74 Å². The molecule has 0 atom stereocenters. The van der Waals surface area contributed by atoms with Gasteiger partial charge < -0.3 is 14.3 Å². The van der Waals surface area contributed by atoms with Crippen LogP contribution in [0.5, 0.6) is 5.75 Å². The molecule has 1 aromatic carbocycles. The summed E-state index contributed by atoms with van der Waals surface area (Å²) in [6.07, 6.45) is 5.41. The summed E-state index contributed by atoms with van der Waals surface area (Å²) in [5.41, 5.74) is 7.50. The molecule has 9 nitrogen and oxygen atoms in total. The highest BCUT2D eigenvalue weighted by molar-refractivity contribution is 5.95. The molecule has 0 saturated heterocycles. The number of pyridine rings is 2. The topological polar surface area (TPSA) is 110 Å². The third-order valence-corrected chi connectivity index (χ3v) is 5.89. The summed E-state index contributed by atoms with van der Waals surface area (Å²) in [5.74, 6) is 2.33. The van der Waals surface area contributed by atoms with Gasteiger partial charge in [-0.15, -0.1) is 0 Å². The normalized spacial score (nSPS) is 11.5. The number of nitrogens with one attached hydrogen (secondary N) is 2. The van der Waals surface area contributed by atoms with Crippen LogP contribution in [0.25, 0.3) is 56.1 Å². The second-order valence-electron chi connectivity index (χ2n) is 7.82. The van der Waals surface area contributed by atoms with E-state index < -0.39 is 0 Å². The highest BCUT2D eigenvalue weighted by Gasteiger charge is 2.18. The first-order chi connectivity index (χ1) is 16.1. The van der Waals surface area contributed by atoms with E-state index in [9.17, 15) is 0 Å². The zero-order valence-corrected chi connectivity index (χ0v) is 18.3. The molecule has 162 valence electrons. The molecule has 5 heterocycles. The van der Waals surface area contributed by atoms with Gasteiger partial charge in [-0.1, -0.05) is 12.1 Å². The molecule has 0 bridgehead atoms. The number of benzene rings is 1. The second-order valence-corrected chi connectivity index (χ2v) is 7.82. The third-order valence-electron chi connectivity index (χ3n) is 5.89. The van der Waals surface area contributed by atoms with Crippen molar-refractivity contribution >= 4 is 22.1 Å². The molecule has 6 aromatic rings. The average Bonchev–Trinajstić information content (AvgIpc) is 3.55. The molecule has 0 radical (unpaired) electrons. The van der Waals surface area contributed by atoms with E-state index in [4.69, 9.17) is 14.7 Å². The fourth-order valence-electron chi connectivity index (χ4n) is 3.99. The number of aryl methyl sites for hydroxylation is 1. The minimum Gasteiger partial charge on any atom is -0.497 e. The number of ether oxygens (including phenoxy) is 1. The van der Waals surface area contributed by atoms with Gasteiger partial charge in [0.25, 0.3) is 0 Å². The lowest BCUT2D eigenvalue weighted by molar-refractivity contribution is 0.415. The smallest absolute Gasteiger partial charge is 0.161 e. The van der Waals surface area contributed by atoms with Crippen molar-refractivity contribution in [1.82, 2.24) is 39.7 Å². The van der Waals surface area contributed by atoms with Crippen LogP contribution in [0.3, 0.4) is 0 Å². The molecular formula is C24H20N8O. The van der Waals surface area contributed by atoms with Gasteiger partial charge in [0.2, 0.25) is 0 Å². The highest BCUT2D eigenvalue weighted by Crippen LogP contribution is 2.32. The zero-order valence-electron chi connectivity index (χ0n) is 18.3. The molecule has 0 amide bonds. The molecule has 5 aromatic heterocycles. The fourth-order valence-corrected chi connectivity index (χ4v) is 3.99. The quantitative estimate of drug-likeness (QED) is 0.427. The van der Waals surface area contributed by atoms with Gasteiger partial charge in [-0.2, -0.15) is 5.10 Å². The van der Waals surface area contributed by atoms with E-state index in [-0.39, 0.29) is 0 Å². The van der Waals surface area contributed by atoms with Crippen LogP contribution in [0, 0.1) is 6.92 Å². The molecule has 2 N–H and O–H groups in total. The lowest BCUT2D eigenvalue weighted by Crippen LogP contribution is -1.96. The number of aromatic nitrogens is 8. The minimum atomic E-state index is 0.624. The average molecular weight is 436 g/mol. The van der Waals surface area contributed by atoms with Gasteiger partial charge in [0.05, 0.1) is 47.4 Å². The van der Waals surface area contributed by atoms with Crippen molar-refractivity contribution in [2.24, 2.45) is 7.05 Å². The first-order valence-electron chi connectivity index (χ1n) is 10.4. The molecule has 0 unspecified atom stereocenters. The maximum absolute atomic E-state index is 5.38. The monoisotopic (exact) mass is 436 g/mol. The van der Waals surface area contributed by atoms with Crippen molar-refractivity contribution in [3.8, 4) is 39.8 Å². The Balaban J connectivity index is 1.50. The molecule has 0 spiro atoms. The standard InChI is InChI=1S/C24H20N8O/c1-13-26-12-20(32(13)2)17-7-8-18-22(27-17)23(31-30-18)24-28-19-11-25-10-16(21(19)29-24)14-5-4-6-15(9-14)33-3/h4-12H,1-3H3,(H,28,29)(H,30,31). The van der Waals surface area contributed by atoms with Gasteiger partial charge in [-0.25, -0.2) is 15.0 Å². The van der Waals surface area contributed by atoms with E-state index in [1.807, 2.05) is 67.3 Å². The number of nitrogens with zero attached hydrogens (tertiary/aromatic N) is 6. The Labute approximate surface area is 188 Å². The lowest BCUT2D eigenvalue weighted by Gasteiger charge is -2.04. The van der Waals surface area contributed by atoms with E-state index in [2.05, 4.69) is 25.1 Å². The predicted molar refractivity (Wildman–Crippen MR) is 126 cm³/mol. The summed E-state index contributed by atoms with van der Waals surface area (Å²) >= 11 is 0. The van der Waals surface area contributed by atoms with Crippen LogP contribution < -0.4 is 4.74 Å². The van der Waals surface area contributed by atoms with Crippen molar-refractivity contribution in [3.05, 3.63) is 60.8 Å². The van der Waals surface area contributed by atoms with Gasteiger partial charge in [0.1, 0.15) is 17.1 Å². The summed E-state index contributed by atoms with van der Waals surface area (Å²) in [4.78, 5) is 21.9. The second kappa shape index (κ2) is 7.27. The van der Waals surface area contributed by atoms with E-state index >= 15 is 0 Å². The Morgan fingerprint density at radius 3 is 2.70 bits per heavy atom. The number of H-pyrrole nitrogens is 2. The van der Waals surface area contributed by atoms with Crippen LogP contribution in [0.4, 0.5) is 0 Å². The first-order valence-corrected chi connectivity index (χ1v) is 10.4. The van der Waals surface area contributed by atoms with Gasteiger partial charge in [-0.05, 0) is 36.8 Å². The predicted octanol–water partition coefficient (Wildman–Crippen LogP) is 4.28. The number of hydrogen-bond donors (Lipinski definition) is 2. The van der Waals surface area contributed by atoms with Crippen molar-refractivity contribution in [2.75, 3.05) is 7.11 Å². The fraction of sp³-hybridized carbons (Fsp3) is 0.125. The third kappa shape index (κ3) is 3.05. The van der Waals surface area contributed by atoms with Crippen LogP contribution in [0.1, 0.15) is 5.82 Å². The molecule has 0 aliphatic carbocycles. The van der Waals surface area contributed by atoms with E-state index in [1.54, 1.807) is 13.3 Å². The summed E-state index contributed by atoms with van der Waals surface area (Å²) in [6, 6.07) is 11.8. The molecular weight excluding hydrogens is 416 g/mol. The summed E-state index contributed by atoms with van der Waals surface area (Å²) < 4.78 is 7.40. The number of fused-ring (bicyclic) bond motifs is 2. The van der Waals surface area contributed by atoms with Gasteiger partial charge in [0.15, 0.2) is 11.5 Å². The molecule has 9 heteroatoms. The summed E-state index contributed by atoms with van der Waals surface area (Å²) in [5, 5.41) is 7.57. The number of hydrogen-bond acceptors (Lipinski definition) is 6. The van der Waals surface area contributed by atoms with Gasteiger partial charge in [0, 0.05) is 18.8 Å². The largest absolute Gasteiger partial charge is 0.497 e. The molecule has 0 aliphatic rings. The molecule has 33 heavy (non-hydrogen) atoms. The number of rotatable bonds is 4. The molecule has 0 fully saturated rings. The van der Waals surface area contributed by atoms with Crippen LogP contribution in [-0.4, -0.2) is 46.8 Å². The summed E-state index contributed by atoms with van der Waals surface area (Å²) in [6.45, 7) is 1.97. The highest BCUT2D eigenvalue weighted by atomic mass is 16.5. The first kappa shape index (κ1) is 19.2. The van der Waals surface area contributed by atoms with E-state index in [0.717, 1.165) is 56.2 Å². The Bertz CT molecular complexity index is 1640. The maximum Gasteiger partial charge on any atom is 0.161 e.